The third kappa shape index (κ3) is 6.68. The molecule has 1 aromatic carbocycles. The minimum Gasteiger partial charge on any atom is -0.464 e. The van der Waals surface area contributed by atoms with Crippen molar-refractivity contribution in [3.63, 3.8) is 0 Å². The summed E-state index contributed by atoms with van der Waals surface area (Å²) >= 11 is 0. The van der Waals surface area contributed by atoms with E-state index in [4.69, 9.17) is 9.31 Å². The quantitative estimate of drug-likeness (QED) is 0.331. The zero-order valence-electron chi connectivity index (χ0n) is 25.8. The van der Waals surface area contributed by atoms with E-state index in [1.807, 2.05) is 69.2 Å². The van der Waals surface area contributed by atoms with E-state index in [1.165, 1.54) is 18.3 Å². The van der Waals surface area contributed by atoms with Gasteiger partial charge in [0.2, 0.25) is 0 Å². The summed E-state index contributed by atoms with van der Waals surface area (Å²) in [4.78, 5) is 40.9. The molecule has 228 valence electrons. The molecule has 1 aromatic heterocycles. The Balaban J connectivity index is 1.87. The molecule has 1 saturated heterocycles. The number of carbonyl (C=O) groups is 3. The van der Waals surface area contributed by atoms with Crippen LogP contribution in [0, 0.1) is 5.82 Å². The number of anilines is 2. The number of benzene rings is 1. The summed E-state index contributed by atoms with van der Waals surface area (Å²) in [5.41, 5.74) is -0.434. The molecule has 3 rings (SSSR count). The highest BCUT2D eigenvalue weighted by Gasteiger charge is 2.51. The lowest BCUT2D eigenvalue weighted by Crippen LogP contribution is -2.41. The lowest BCUT2D eigenvalue weighted by molar-refractivity contribution is 0.00578. The van der Waals surface area contributed by atoms with Gasteiger partial charge in [0, 0.05) is 18.3 Å². The SMILES string of the molecule is CC(C)(C)c1c(CNC(=O)Nc2ccc(B3OC(C)(C)C(C)(C)O3)cc2F)cnc(N(C(=O)O)C(=O)O)c1C(C)(C)C. The number of aromatic nitrogens is 1. The maximum absolute atomic E-state index is 15.0. The number of rotatable bonds is 5. The Morgan fingerprint density at radius 1 is 0.952 bits per heavy atom. The Hall–Kier alpha value is -3.71. The van der Waals surface area contributed by atoms with Crippen molar-refractivity contribution in [3.05, 3.63) is 46.9 Å². The summed E-state index contributed by atoms with van der Waals surface area (Å²) in [5, 5.41) is 24.4. The number of carbonyl (C=O) groups excluding carboxylic acids is 1. The fourth-order valence-electron chi connectivity index (χ4n) is 4.77. The summed E-state index contributed by atoms with van der Waals surface area (Å²) in [6.45, 7) is 18.7. The molecule has 0 unspecified atom stereocenters. The van der Waals surface area contributed by atoms with Gasteiger partial charge in [-0.3, -0.25) is 0 Å². The third-order valence-corrected chi connectivity index (χ3v) is 7.44. The number of halogens is 1. The Morgan fingerprint density at radius 3 is 1.93 bits per heavy atom. The van der Waals surface area contributed by atoms with Crippen LogP contribution in [0.1, 0.15) is 85.9 Å². The van der Waals surface area contributed by atoms with Crippen LogP contribution in [0.4, 0.5) is 30.3 Å². The Bertz CT molecular complexity index is 1370. The molecule has 0 spiro atoms. The van der Waals surface area contributed by atoms with Crippen molar-refractivity contribution in [2.45, 2.75) is 97.8 Å². The average molecular weight is 586 g/mol. The van der Waals surface area contributed by atoms with Crippen LogP contribution in [0.2, 0.25) is 0 Å². The molecule has 0 bridgehead atoms. The van der Waals surface area contributed by atoms with Crippen LogP contribution in [0.25, 0.3) is 0 Å². The van der Waals surface area contributed by atoms with Gasteiger partial charge in [-0.25, -0.2) is 23.8 Å². The van der Waals surface area contributed by atoms with Crippen LogP contribution in [0.3, 0.4) is 0 Å². The molecule has 0 aliphatic carbocycles. The number of nitrogens with zero attached hydrogens (tertiary/aromatic N) is 2. The second kappa shape index (κ2) is 11.2. The molecule has 1 aliphatic rings. The zero-order valence-corrected chi connectivity index (χ0v) is 25.8. The van der Waals surface area contributed by atoms with Crippen LogP contribution in [0.5, 0.6) is 0 Å². The normalized spacial score (nSPS) is 16.2. The van der Waals surface area contributed by atoms with E-state index in [9.17, 15) is 24.6 Å². The molecule has 4 amide bonds. The first-order chi connectivity index (χ1) is 19.1. The van der Waals surface area contributed by atoms with Crippen molar-refractivity contribution in [3.8, 4) is 0 Å². The number of hydrogen-bond acceptors (Lipinski definition) is 6. The Kier molecular flexibility index (Phi) is 8.73. The molecule has 2 aromatic rings. The van der Waals surface area contributed by atoms with Gasteiger partial charge in [0.1, 0.15) is 5.82 Å². The van der Waals surface area contributed by atoms with Crippen molar-refractivity contribution < 1.29 is 38.3 Å². The maximum atomic E-state index is 15.0. The smallest absolute Gasteiger partial charge is 0.464 e. The summed E-state index contributed by atoms with van der Waals surface area (Å²) in [6.07, 6.45) is -2.01. The molecular formula is C29H40BFN4O7. The second-order valence-corrected chi connectivity index (χ2v) is 13.4. The zero-order chi connectivity index (χ0) is 32.0. The molecule has 1 fully saturated rings. The number of nitrogens with one attached hydrogen (secondary N) is 2. The fourth-order valence-corrected chi connectivity index (χ4v) is 4.77. The fraction of sp³-hybridized carbons (Fsp3) is 0.517. The highest BCUT2D eigenvalue weighted by atomic mass is 19.1. The van der Waals surface area contributed by atoms with E-state index < -0.39 is 53.2 Å². The maximum Gasteiger partial charge on any atom is 0.494 e. The topological polar surface area (TPSA) is 150 Å². The van der Waals surface area contributed by atoms with E-state index in [-0.39, 0.29) is 22.9 Å². The van der Waals surface area contributed by atoms with Crippen molar-refractivity contribution >= 4 is 42.3 Å². The molecular weight excluding hydrogens is 546 g/mol. The third-order valence-electron chi connectivity index (χ3n) is 7.44. The molecule has 0 radical (unpaired) electrons. The van der Waals surface area contributed by atoms with Gasteiger partial charge in [0.15, 0.2) is 5.82 Å². The van der Waals surface area contributed by atoms with Gasteiger partial charge >= 0.3 is 25.3 Å². The van der Waals surface area contributed by atoms with Crippen molar-refractivity contribution in [2.24, 2.45) is 0 Å². The van der Waals surface area contributed by atoms with E-state index in [0.29, 0.717) is 22.2 Å². The summed E-state index contributed by atoms with van der Waals surface area (Å²) in [5.74, 6) is -0.888. The van der Waals surface area contributed by atoms with Crippen LogP contribution in [0.15, 0.2) is 24.4 Å². The first-order valence-corrected chi connectivity index (χ1v) is 13.6. The Morgan fingerprint density at radius 2 is 1.48 bits per heavy atom. The highest BCUT2D eigenvalue weighted by Crippen LogP contribution is 2.41. The first kappa shape index (κ1) is 32.8. The molecule has 4 N–H and O–H groups in total. The molecule has 2 heterocycles. The van der Waals surface area contributed by atoms with Gasteiger partial charge in [-0.15, -0.1) is 0 Å². The van der Waals surface area contributed by atoms with Gasteiger partial charge in [-0.2, -0.15) is 4.90 Å². The number of carboxylic acid groups (broad SMARTS) is 2. The van der Waals surface area contributed by atoms with Crippen LogP contribution < -0.4 is 21.0 Å². The highest BCUT2D eigenvalue weighted by molar-refractivity contribution is 6.62. The predicted octanol–water partition coefficient (Wildman–Crippen LogP) is 5.60. The Labute approximate surface area is 245 Å². The van der Waals surface area contributed by atoms with Gasteiger partial charge in [0.25, 0.3) is 0 Å². The number of amides is 4. The largest absolute Gasteiger partial charge is 0.494 e. The minimum absolute atomic E-state index is 0.0391. The van der Waals surface area contributed by atoms with Crippen LogP contribution >= 0.6 is 0 Å². The molecule has 13 heteroatoms. The summed E-state index contributed by atoms with van der Waals surface area (Å²) in [7, 11) is -0.756. The summed E-state index contributed by atoms with van der Waals surface area (Å²) in [6, 6.07) is 3.62. The van der Waals surface area contributed by atoms with Crippen LogP contribution in [-0.4, -0.2) is 51.7 Å². The average Bonchev–Trinajstić information content (AvgIpc) is 3.04. The van der Waals surface area contributed by atoms with Gasteiger partial charge in [-0.05, 0) is 67.2 Å². The van der Waals surface area contributed by atoms with E-state index >= 15 is 4.39 Å². The predicted molar refractivity (Wildman–Crippen MR) is 158 cm³/mol. The second-order valence-electron chi connectivity index (χ2n) is 13.4. The lowest BCUT2D eigenvalue weighted by atomic mass is 9.73. The standard InChI is InChI=1S/C29H40BFN4O7/c1-26(2,3)20-16(14-32-22(21(20)27(4,5)6)35(24(37)38)25(39)40)15-33-23(36)34-19-12-11-17(13-18(19)31)30-41-28(7,8)29(9,10)42-30/h11-14H,15H2,1-10H3,(H,37,38)(H,39,40)(H2,33,34,36). The van der Waals surface area contributed by atoms with Crippen molar-refractivity contribution in [1.82, 2.24) is 10.3 Å². The summed E-state index contributed by atoms with van der Waals surface area (Å²) < 4.78 is 26.9. The van der Waals surface area contributed by atoms with Crippen molar-refractivity contribution in [2.75, 3.05) is 10.2 Å². The number of urea groups is 1. The van der Waals surface area contributed by atoms with Crippen LogP contribution in [-0.2, 0) is 26.7 Å². The molecule has 0 atom stereocenters. The monoisotopic (exact) mass is 586 g/mol. The van der Waals surface area contributed by atoms with Gasteiger partial charge < -0.3 is 30.2 Å². The lowest BCUT2D eigenvalue weighted by Gasteiger charge is -2.34. The number of pyridine rings is 1. The molecule has 42 heavy (non-hydrogen) atoms. The molecule has 0 saturated carbocycles. The minimum atomic E-state index is -1.68. The molecule has 11 nitrogen and oxygen atoms in total. The first-order valence-electron chi connectivity index (χ1n) is 13.6. The van der Waals surface area contributed by atoms with E-state index in [0.717, 1.165) is 0 Å². The van der Waals surface area contributed by atoms with Gasteiger partial charge in [0.05, 0.1) is 16.9 Å². The van der Waals surface area contributed by atoms with Gasteiger partial charge in [-0.1, -0.05) is 47.6 Å². The number of imide groups is 1. The van der Waals surface area contributed by atoms with E-state index in [1.54, 1.807) is 6.07 Å². The van der Waals surface area contributed by atoms with E-state index in [2.05, 4.69) is 15.6 Å². The van der Waals surface area contributed by atoms with Crippen molar-refractivity contribution in [1.29, 1.82) is 0 Å². The molecule has 1 aliphatic heterocycles. The number of hydrogen-bond donors (Lipinski definition) is 4.